The van der Waals surface area contributed by atoms with Crippen molar-refractivity contribution in [2.75, 3.05) is 0 Å². The highest BCUT2D eigenvalue weighted by Crippen LogP contribution is 2.07. The standard InChI is InChI=1S/C18H29NO3/c1-2-3-4-9-12-15-18(19(21)22)16-13-10-7-5-6-8-11-14-17-20/h15,17H,2-12,14H2,1H3. The Morgan fingerprint density at radius 1 is 1.00 bits per heavy atom. The van der Waals surface area contributed by atoms with E-state index in [4.69, 9.17) is 0 Å². The summed E-state index contributed by atoms with van der Waals surface area (Å²) in [6, 6.07) is 0. The molecule has 0 heterocycles. The number of aldehydes is 1. The molecule has 0 N–H and O–H groups in total. The molecule has 124 valence electrons. The molecule has 0 fully saturated rings. The summed E-state index contributed by atoms with van der Waals surface area (Å²) in [7, 11) is 0. The molecule has 0 aliphatic rings. The number of allylic oxidation sites excluding steroid dienone is 2. The molecule has 4 heteroatoms. The van der Waals surface area contributed by atoms with E-state index in [9.17, 15) is 14.9 Å². The summed E-state index contributed by atoms with van der Waals surface area (Å²) in [6.45, 7) is 2.14. The lowest BCUT2D eigenvalue weighted by Crippen LogP contribution is -1.96. The van der Waals surface area contributed by atoms with Crippen LogP contribution in [0.15, 0.2) is 11.8 Å². The maximum absolute atomic E-state index is 10.9. The summed E-state index contributed by atoms with van der Waals surface area (Å²) in [5, 5.41) is 10.9. The van der Waals surface area contributed by atoms with E-state index in [0.29, 0.717) is 12.8 Å². The molecule has 0 saturated heterocycles. The van der Waals surface area contributed by atoms with Crippen LogP contribution in [-0.4, -0.2) is 11.2 Å². The van der Waals surface area contributed by atoms with Crippen molar-refractivity contribution >= 4 is 6.29 Å². The molecule has 0 atom stereocenters. The van der Waals surface area contributed by atoms with E-state index >= 15 is 0 Å². The molecule has 22 heavy (non-hydrogen) atoms. The number of nitro groups is 1. The molecule has 0 aromatic rings. The van der Waals surface area contributed by atoms with Crippen molar-refractivity contribution in [1.29, 1.82) is 0 Å². The lowest BCUT2D eigenvalue weighted by molar-refractivity contribution is -0.417. The first-order valence-electron chi connectivity index (χ1n) is 8.49. The van der Waals surface area contributed by atoms with E-state index in [1.165, 1.54) is 12.8 Å². The second kappa shape index (κ2) is 15.8. The lowest BCUT2D eigenvalue weighted by Gasteiger charge is -1.96. The van der Waals surface area contributed by atoms with Gasteiger partial charge in [-0.3, -0.25) is 10.1 Å². The van der Waals surface area contributed by atoms with Crippen LogP contribution < -0.4 is 0 Å². The van der Waals surface area contributed by atoms with Crippen molar-refractivity contribution in [1.82, 2.24) is 0 Å². The zero-order valence-electron chi connectivity index (χ0n) is 13.8. The van der Waals surface area contributed by atoms with E-state index in [0.717, 1.165) is 57.7 Å². The van der Waals surface area contributed by atoms with Gasteiger partial charge in [0.2, 0.25) is 0 Å². The molecule has 4 nitrogen and oxygen atoms in total. The van der Waals surface area contributed by atoms with Gasteiger partial charge in [0.05, 0.1) is 4.92 Å². The zero-order valence-corrected chi connectivity index (χ0v) is 13.8. The summed E-state index contributed by atoms with van der Waals surface area (Å²) in [5.74, 6) is 5.59. The molecule has 0 amide bonds. The Labute approximate surface area is 134 Å². The van der Waals surface area contributed by atoms with E-state index in [1.54, 1.807) is 6.08 Å². The van der Waals surface area contributed by atoms with Crippen LogP contribution >= 0.6 is 0 Å². The number of carbonyl (C=O) groups excluding carboxylic acids is 1. The number of unbranched alkanes of at least 4 members (excludes halogenated alkanes) is 10. The lowest BCUT2D eigenvalue weighted by atomic mass is 10.1. The van der Waals surface area contributed by atoms with Gasteiger partial charge in [0.15, 0.2) is 0 Å². The number of hydrogen-bond donors (Lipinski definition) is 0. The third-order valence-electron chi connectivity index (χ3n) is 3.43. The molecular formula is C18H29NO3. The Kier molecular flexibility index (Phi) is 14.6. The van der Waals surface area contributed by atoms with Gasteiger partial charge in [-0.1, -0.05) is 51.4 Å². The molecule has 0 unspecified atom stereocenters. The van der Waals surface area contributed by atoms with Crippen LogP contribution in [0.25, 0.3) is 0 Å². The molecule has 0 aromatic carbocycles. The fourth-order valence-corrected chi connectivity index (χ4v) is 2.11. The maximum Gasteiger partial charge on any atom is 0.315 e. The van der Waals surface area contributed by atoms with Gasteiger partial charge in [0.25, 0.3) is 0 Å². The molecule has 0 spiro atoms. The highest BCUT2D eigenvalue weighted by atomic mass is 16.6. The molecule has 0 rings (SSSR count). The van der Waals surface area contributed by atoms with E-state index in [2.05, 4.69) is 18.8 Å². The molecule has 0 radical (unpaired) electrons. The Morgan fingerprint density at radius 2 is 1.64 bits per heavy atom. The highest BCUT2D eigenvalue weighted by molar-refractivity contribution is 5.48. The molecule has 0 aliphatic heterocycles. The second-order valence-corrected chi connectivity index (χ2v) is 5.47. The zero-order chi connectivity index (χ0) is 16.5. The van der Waals surface area contributed by atoms with Crippen LogP contribution in [0.1, 0.15) is 84.0 Å². The summed E-state index contributed by atoms with van der Waals surface area (Å²) in [4.78, 5) is 20.7. The average molecular weight is 307 g/mol. The fraction of sp³-hybridized carbons (Fsp3) is 0.722. The maximum atomic E-state index is 10.9. The largest absolute Gasteiger partial charge is 0.315 e. The Hall–Kier alpha value is -1.63. The topological polar surface area (TPSA) is 60.2 Å². The number of rotatable bonds is 13. The minimum Gasteiger partial charge on any atom is -0.303 e. The number of nitrogens with zero attached hydrogens (tertiary/aromatic N) is 1. The molecular weight excluding hydrogens is 278 g/mol. The van der Waals surface area contributed by atoms with Crippen molar-refractivity contribution in [2.45, 2.75) is 84.0 Å². The van der Waals surface area contributed by atoms with Gasteiger partial charge in [-0.25, -0.2) is 0 Å². The first kappa shape index (κ1) is 20.4. The van der Waals surface area contributed by atoms with Crippen molar-refractivity contribution in [3.63, 3.8) is 0 Å². The predicted octanol–water partition coefficient (Wildman–Crippen LogP) is 5.05. The van der Waals surface area contributed by atoms with Crippen molar-refractivity contribution in [3.8, 4) is 11.8 Å². The second-order valence-electron chi connectivity index (χ2n) is 5.47. The van der Waals surface area contributed by atoms with E-state index in [1.807, 2.05) is 0 Å². The van der Waals surface area contributed by atoms with E-state index in [-0.39, 0.29) is 10.6 Å². The monoisotopic (exact) mass is 307 g/mol. The van der Waals surface area contributed by atoms with Crippen LogP contribution in [0.4, 0.5) is 0 Å². The van der Waals surface area contributed by atoms with Crippen LogP contribution in [0.5, 0.6) is 0 Å². The van der Waals surface area contributed by atoms with Gasteiger partial charge in [-0.15, -0.1) is 0 Å². The molecule has 0 bridgehead atoms. The van der Waals surface area contributed by atoms with Crippen LogP contribution in [0.2, 0.25) is 0 Å². The molecule has 0 aromatic heterocycles. The summed E-state index contributed by atoms with van der Waals surface area (Å²) in [6.07, 6.45) is 14.3. The fourth-order valence-electron chi connectivity index (χ4n) is 2.11. The molecule has 0 saturated carbocycles. The van der Waals surface area contributed by atoms with Gasteiger partial charge in [-0.2, -0.15) is 0 Å². The first-order valence-corrected chi connectivity index (χ1v) is 8.49. The normalized spacial score (nSPS) is 10.9. The van der Waals surface area contributed by atoms with Gasteiger partial charge in [0.1, 0.15) is 6.29 Å². The predicted molar refractivity (Wildman–Crippen MR) is 90.0 cm³/mol. The summed E-state index contributed by atoms with van der Waals surface area (Å²) < 4.78 is 0. The van der Waals surface area contributed by atoms with Crippen molar-refractivity contribution in [3.05, 3.63) is 21.9 Å². The summed E-state index contributed by atoms with van der Waals surface area (Å²) >= 11 is 0. The number of carbonyl (C=O) groups is 1. The van der Waals surface area contributed by atoms with Crippen LogP contribution in [-0.2, 0) is 4.79 Å². The minimum absolute atomic E-state index is 0.0440. The SMILES string of the molecule is CCCCCCC=C(C#CCCCCCCCC=O)[N+](=O)[O-]. The van der Waals surface area contributed by atoms with Gasteiger partial charge < -0.3 is 4.79 Å². The average Bonchev–Trinajstić information content (AvgIpc) is 2.50. The third kappa shape index (κ3) is 13.4. The quantitative estimate of drug-likeness (QED) is 0.157. The van der Waals surface area contributed by atoms with E-state index < -0.39 is 0 Å². The van der Waals surface area contributed by atoms with Crippen LogP contribution in [0.3, 0.4) is 0 Å². The molecule has 0 aliphatic carbocycles. The smallest absolute Gasteiger partial charge is 0.303 e. The first-order chi connectivity index (χ1) is 10.7. The van der Waals surface area contributed by atoms with Crippen molar-refractivity contribution < 1.29 is 9.72 Å². The third-order valence-corrected chi connectivity index (χ3v) is 3.43. The Morgan fingerprint density at radius 3 is 2.32 bits per heavy atom. The van der Waals surface area contributed by atoms with Gasteiger partial charge in [-0.05, 0) is 25.7 Å². The summed E-state index contributed by atoms with van der Waals surface area (Å²) in [5.41, 5.74) is 0.0440. The Balaban J connectivity index is 3.86. The Bertz CT molecular complexity index is 391. The van der Waals surface area contributed by atoms with Crippen molar-refractivity contribution in [2.24, 2.45) is 0 Å². The number of hydrogen-bond acceptors (Lipinski definition) is 3. The van der Waals surface area contributed by atoms with Gasteiger partial charge in [0, 0.05) is 24.8 Å². The minimum atomic E-state index is -0.383. The van der Waals surface area contributed by atoms with Gasteiger partial charge >= 0.3 is 5.70 Å². The van der Waals surface area contributed by atoms with Crippen LogP contribution in [0, 0.1) is 22.0 Å². The highest BCUT2D eigenvalue weighted by Gasteiger charge is 2.04.